The second-order valence-electron chi connectivity index (χ2n) is 3.37. The normalized spacial score (nSPS) is 15.4. The summed E-state index contributed by atoms with van der Waals surface area (Å²) in [5, 5.41) is 1.21. The fraction of sp³-hybridized carbons (Fsp3) is 0.455. The van der Waals surface area contributed by atoms with Crippen molar-refractivity contribution in [3.8, 4) is 0 Å². The van der Waals surface area contributed by atoms with Crippen LogP contribution in [0.3, 0.4) is 0 Å². The van der Waals surface area contributed by atoms with Crippen LogP contribution in [-0.4, -0.2) is 10.2 Å². The van der Waals surface area contributed by atoms with E-state index in [1.807, 2.05) is 18.2 Å². The van der Waals surface area contributed by atoms with Crippen LogP contribution in [0, 0.1) is 5.92 Å². The van der Waals surface area contributed by atoms with Gasteiger partial charge in [-0.3, -0.25) is 0 Å². The molecule has 0 spiro atoms. The lowest BCUT2D eigenvalue weighted by molar-refractivity contribution is 0.544. The zero-order valence-electron chi connectivity index (χ0n) is 8.05. The summed E-state index contributed by atoms with van der Waals surface area (Å²) in [6.45, 7) is 4.34. The van der Waals surface area contributed by atoms with Gasteiger partial charge in [0.25, 0.3) is 0 Å². The van der Waals surface area contributed by atoms with Crippen LogP contribution in [0.5, 0.6) is 0 Å². The molecule has 0 saturated carbocycles. The molecule has 0 bridgehead atoms. The standard InChI is InChI=1S/C11H14ClSi/c1-3-8(2)11(12)9-6-4-5-7-10(9)13/h4-8,11H,3H2,1-2H3. The third-order valence-electron chi connectivity index (χ3n) is 2.40. The molecule has 0 aliphatic heterocycles. The summed E-state index contributed by atoms with van der Waals surface area (Å²) < 4.78 is 0. The Labute approximate surface area is 88.7 Å². The molecular formula is C11H14ClSi. The van der Waals surface area contributed by atoms with Gasteiger partial charge < -0.3 is 0 Å². The third-order valence-corrected chi connectivity index (χ3v) is 3.52. The van der Waals surface area contributed by atoms with E-state index in [4.69, 9.17) is 11.6 Å². The van der Waals surface area contributed by atoms with Crippen molar-refractivity contribution in [1.29, 1.82) is 0 Å². The molecule has 0 aromatic heterocycles. The van der Waals surface area contributed by atoms with Crippen molar-refractivity contribution in [1.82, 2.24) is 0 Å². The van der Waals surface area contributed by atoms with Gasteiger partial charge in [-0.15, -0.1) is 11.6 Å². The Hall–Kier alpha value is -0.273. The Balaban J connectivity index is 2.88. The molecular weight excluding hydrogens is 196 g/mol. The number of halogens is 1. The second kappa shape index (κ2) is 4.82. The molecule has 3 radical (unpaired) electrons. The summed E-state index contributed by atoms with van der Waals surface area (Å²) in [7, 11) is 3.56. The van der Waals surface area contributed by atoms with Crippen molar-refractivity contribution >= 4 is 27.0 Å². The molecule has 0 amide bonds. The highest BCUT2D eigenvalue weighted by Crippen LogP contribution is 2.29. The van der Waals surface area contributed by atoms with Gasteiger partial charge in [0.1, 0.15) is 0 Å². The van der Waals surface area contributed by atoms with Crippen LogP contribution >= 0.6 is 11.6 Å². The van der Waals surface area contributed by atoms with Crippen molar-refractivity contribution in [3.05, 3.63) is 29.8 Å². The van der Waals surface area contributed by atoms with Crippen molar-refractivity contribution in [2.75, 3.05) is 0 Å². The lowest BCUT2D eigenvalue weighted by atomic mass is 9.98. The van der Waals surface area contributed by atoms with Gasteiger partial charge in [0.15, 0.2) is 0 Å². The summed E-state index contributed by atoms with van der Waals surface area (Å²) >= 11 is 6.33. The van der Waals surface area contributed by atoms with Crippen LogP contribution in [0.15, 0.2) is 24.3 Å². The van der Waals surface area contributed by atoms with Gasteiger partial charge in [-0.25, -0.2) is 0 Å². The van der Waals surface area contributed by atoms with Crippen molar-refractivity contribution in [2.45, 2.75) is 25.6 Å². The average Bonchev–Trinajstić information content (AvgIpc) is 2.16. The molecule has 69 valence electrons. The fourth-order valence-electron chi connectivity index (χ4n) is 1.25. The molecule has 1 aromatic rings. The van der Waals surface area contributed by atoms with E-state index < -0.39 is 0 Å². The first-order valence-electron chi connectivity index (χ1n) is 4.61. The second-order valence-corrected chi connectivity index (χ2v) is 4.38. The molecule has 0 nitrogen and oxygen atoms in total. The van der Waals surface area contributed by atoms with Gasteiger partial charge in [-0.2, -0.15) is 0 Å². The predicted molar refractivity (Wildman–Crippen MR) is 59.9 cm³/mol. The van der Waals surface area contributed by atoms with Gasteiger partial charge >= 0.3 is 0 Å². The van der Waals surface area contributed by atoms with Crippen LogP contribution < -0.4 is 5.19 Å². The summed E-state index contributed by atoms with van der Waals surface area (Å²) in [4.78, 5) is 0. The van der Waals surface area contributed by atoms with E-state index in [0.717, 1.165) is 11.6 Å². The largest absolute Gasteiger partial charge is 0.118 e. The number of rotatable bonds is 3. The van der Waals surface area contributed by atoms with Crippen molar-refractivity contribution in [3.63, 3.8) is 0 Å². The molecule has 2 unspecified atom stereocenters. The first-order chi connectivity index (χ1) is 6.16. The van der Waals surface area contributed by atoms with Crippen molar-refractivity contribution in [2.24, 2.45) is 5.92 Å². The Morgan fingerprint density at radius 3 is 2.54 bits per heavy atom. The molecule has 13 heavy (non-hydrogen) atoms. The van der Waals surface area contributed by atoms with Gasteiger partial charge in [0, 0.05) is 0 Å². The third kappa shape index (κ3) is 2.58. The minimum atomic E-state index is 0.110. The van der Waals surface area contributed by atoms with E-state index in [1.165, 1.54) is 5.56 Å². The highest BCUT2D eigenvalue weighted by atomic mass is 35.5. The maximum absolute atomic E-state index is 6.33. The molecule has 0 saturated heterocycles. The number of hydrogen-bond donors (Lipinski definition) is 0. The van der Waals surface area contributed by atoms with E-state index >= 15 is 0 Å². The smallest absolute Gasteiger partial charge is 0.0716 e. The lowest BCUT2D eigenvalue weighted by Crippen LogP contribution is -2.15. The number of benzene rings is 1. The van der Waals surface area contributed by atoms with E-state index in [9.17, 15) is 0 Å². The molecule has 2 heteroatoms. The minimum Gasteiger partial charge on any atom is -0.118 e. The summed E-state index contributed by atoms with van der Waals surface area (Å²) in [6.07, 6.45) is 1.11. The number of alkyl halides is 1. The molecule has 0 heterocycles. The molecule has 2 atom stereocenters. The predicted octanol–water partition coefficient (Wildman–Crippen LogP) is 2.81. The van der Waals surface area contributed by atoms with Crippen LogP contribution in [0.1, 0.15) is 31.2 Å². The first-order valence-corrected chi connectivity index (χ1v) is 5.55. The van der Waals surface area contributed by atoms with Crippen LogP contribution in [0.4, 0.5) is 0 Å². The van der Waals surface area contributed by atoms with Crippen LogP contribution in [0.25, 0.3) is 0 Å². The van der Waals surface area contributed by atoms with Crippen LogP contribution in [-0.2, 0) is 0 Å². The van der Waals surface area contributed by atoms with Gasteiger partial charge in [-0.05, 0) is 11.5 Å². The van der Waals surface area contributed by atoms with Crippen molar-refractivity contribution < 1.29 is 0 Å². The Bertz CT molecular complexity index is 273. The Morgan fingerprint density at radius 1 is 1.38 bits per heavy atom. The highest BCUT2D eigenvalue weighted by Gasteiger charge is 2.15. The lowest BCUT2D eigenvalue weighted by Gasteiger charge is -2.18. The maximum atomic E-state index is 6.33. The van der Waals surface area contributed by atoms with Gasteiger partial charge in [-0.1, -0.05) is 49.7 Å². The number of hydrogen-bond acceptors (Lipinski definition) is 0. The molecule has 0 fully saturated rings. The van der Waals surface area contributed by atoms with Gasteiger partial charge in [0.05, 0.1) is 15.6 Å². The van der Waals surface area contributed by atoms with E-state index in [0.29, 0.717) is 5.92 Å². The minimum absolute atomic E-state index is 0.110. The quantitative estimate of drug-likeness (QED) is 0.531. The van der Waals surface area contributed by atoms with Gasteiger partial charge in [0.2, 0.25) is 0 Å². The molecule has 0 aliphatic carbocycles. The zero-order chi connectivity index (χ0) is 9.84. The maximum Gasteiger partial charge on any atom is 0.0716 e. The highest BCUT2D eigenvalue weighted by molar-refractivity contribution is 6.34. The summed E-state index contributed by atoms with van der Waals surface area (Å²) in [5.74, 6) is 0.513. The average molecular weight is 210 g/mol. The Morgan fingerprint density at radius 2 is 2.00 bits per heavy atom. The monoisotopic (exact) mass is 209 g/mol. The Kier molecular flexibility index (Phi) is 4.01. The topological polar surface area (TPSA) is 0 Å². The van der Waals surface area contributed by atoms with E-state index in [2.05, 4.69) is 30.2 Å². The zero-order valence-corrected chi connectivity index (χ0v) is 9.81. The first kappa shape index (κ1) is 10.8. The SMILES string of the molecule is CCC(C)C(Cl)c1ccccc1[Si]. The van der Waals surface area contributed by atoms with Crippen LogP contribution in [0.2, 0.25) is 0 Å². The fourth-order valence-corrected chi connectivity index (χ4v) is 2.05. The summed E-state index contributed by atoms with van der Waals surface area (Å²) in [6, 6.07) is 8.14. The molecule has 0 aliphatic rings. The van der Waals surface area contributed by atoms with E-state index in [1.54, 1.807) is 0 Å². The summed E-state index contributed by atoms with van der Waals surface area (Å²) in [5.41, 5.74) is 1.19. The van der Waals surface area contributed by atoms with E-state index in [-0.39, 0.29) is 5.38 Å². The molecule has 0 N–H and O–H groups in total. The molecule has 1 rings (SSSR count). The molecule has 1 aromatic carbocycles.